The smallest absolute Gasteiger partial charge is 0.270 e. The fourth-order valence-electron chi connectivity index (χ4n) is 2.93. The molecular formula is C24H21ClN6O2. The Morgan fingerprint density at radius 1 is 1.12 bits per heavy atom. The summed E-state index contributed by atoms with van der Waals surface area (Å²) in [5, 5.41) is 16.0. The van der Waals surface area contributed by atoms with E-state index in [0.29, 0.717) is 27.7 Å². The van der Waals surface area contributed by atoms with E-state index in [1.165, 1.54) is 0 Å². The van der Waals surface area contributed by atoms with Crippen LogP contribution in [0.1, 0.15) is 16.1 Å². The van der Waals surface area contributed by atoms with Gasteiger partial charge in [-0.05, 0) is 48.5 Å². The number of carbonyl (C=O) groups excluding carboxylic acids is 1. The molecule has 0 radical (unpaired) electrons. The number of anilines is 3. The highest BCUT2D eigenvalue weighted by molar-refractivity contribution is 6.30. The molecule has 0 saturated carbocycles. The van der Waals surface area contributed by atoms with Crippen molar-refractivity contribution in [3.8, 4) is 17.3 Å². The van der Waals surface area contributed by atoms with Crippen LogP contribution in [-0.4, -0.2) is 27.9 Å². The Morgan fingerprint density at radius 3 is 2.45 bits per heavy atom. The normalized spacial score (nSPS) is 9.88. The number of rotatable bonds is 5. The minimum atomic E-state index is -0.501. The molecule has 0 aliphatic carbocycles. The molecule has 0 spiro atoms. The highest BCUT2D eigenvalue weighted by atomic mass is 35.5. The lowest BCUT2D eigenvalue weighted by Crippen LogP contribution is -2.16. The number of aromatic nitrogens is 3. The van der Waals surface area contributed by atoms with Gasteiger partial charge in [-0.15, -0.1) is 0 Å². The molecule has 0 fully saturated rings. The summed E-state index contributed by atoms with van der Waals surface area (Å²) >= 11 is 5.87. The Balaban J connectivity index is 0.000000323. The van der Waals surface area contributed by atoms with Crippen LogP contribution in [0.25, 0.3) is 11.3 Å². The van der Waals surface area contributed by atoms with Gasteiger partial charge in [0.25, 0.3) is 5.56 Å². The maximum absolute atomic E-state index is 12.3. The van der Waals surface area contributed by atoms with Gasteiger partial charge in [0.2, 0.25) is 5.95 Å². The van der Waals surface area contributed by atoms with Gasteiger partial charge in [0, 0.05) is 42.3 Å². The predicted octanol–water partition coefficient (Wildman–Crippen LogP) is 4.58. The molecule has 0 atom stereocenters. The van der Waals surface area contributed by atoms with Crippen LogP contribution in [-0.2, 0) is 7.05 Å². The molecule has 0 aliphatic heterocycles. The van der Waals surface area contributed by atoms with Crippen LogP contribution in [0.15, 0.2) is 71.7 Å². The number of halogens is 1. The molecule has 0 bridgehead atoms. The molecule has 0 unspecified atom stereocenters. The van der Waals surface area contributed by atoms with E-state index in [1.54, 1.807) is 48.0 Å². The van der Waals surface area contributed by atoms with Crippen LogP contribution in [0.2, 0.25) is 5.02 Å². The van der Waals surface area contributed by atoms with Crippen molar-refractivity contribution >= 4 is 35.2 Å². The number of aryl methyl sites for hydroxylation is 1. The van der Waals surface area contributed by atoms with E-state index in [1.807, 2.05) is 43.6 Å². The van der Waals surface area contributed by atoms with E-state index in [-0.39, 0.29) is 11.5 Å². The molecule has 9 heteroatoms. The van der Waals surface area contributed by atoms with E-state index in [2.05, 4.69) is 20.6 Å². The van der Waals surface area contributed by atoms with Gasteiger partial charge in [0.15, 0.2) is 6.29 Å². The van der Waals surface area contributed by atoms with E-state index in [0.717, 1.165) is 12.0 Å². The SMILES string of the molecule is CNc1cccc(-c2nc(Nc3ccc(Cl)cc3)[nH]c(=O)c2C#N)c1.Cn1cccc1C=O. The first kappa shape index (κ1) is 23.3. The van der Waals surface area contributed by atoms with Crippen LogP contribution < -0.4 is 16.2 Å². The third-order valence-corrected chi connectivity index (χ3v) is 4.92. The summed E-state index contributed by atoms with van der Waals surface area (Å²) < 4.78 is 1.77. The molecule has 166 valence electrons. The Bertz CT molecular complexity index is 1350. The maximum Gasteiger partial charge on any atom is 0.270 e. The topological polar surface area (TPSA) is 116 Å². The molecule has 0 saturated heterocycles. The third kappa shape index (κ3) is 5.87. The van der Waals surface area contributed by atoms with Gasteiger partial charge in [-0.1, -0.05) is 23.7 Å². The monoisotopic (exact) mass is 460 g/mol. The summed E-state index contributed by atoms with van der Waals surface area (Å²) in [6, 6.07) is 19.9. The zero-order chi connectivity index (χ0) is 23.8. The van der Waals surface area contributed by atoms with E-state index in [9.17, 15) is 14.9 Å². The number of benzene rings is 2. The van der Waals surface area contributed by atoms with E-state index < -0.39 is 5.56 Å². The van der Waals surface area contributed by atoms with Crippen molar-refractivity contribution in [3.63, 3.8) is 0 Å². The van der Waals surface area contributed by atoms with Crippen LogP contribution >= 0.6 is 11.6 Å². The van der Waals surface area contributed by atoms with Crippen molar-refractivity contribution in [1.82, 2.24) is 14.5 Å². The highest BCUT2D eigenvalue weighted by Gasteiger charge is 2.14. The molecule has 2 aromatic carbocycles. The van der Waals surface area contributed by atoms with Crippen LogP contribution in [0.3, 0.4) is 0 Å². The van der Waals surface area contributed by atoms with Crippen LogP contribution in [0.5, 0.6) is 0 Å². The number of nitrogens with zero attached hydrogens (tertiary/aromatic N) is 3. The molecule has 0 aliphatic rings. The van der Waals surface area contributed by atoms with Crippen LogP contribution in [0.4, 0.5) is 17.3 Å². The van der Waals surface area contributed by atoms with E-state index in [4.69, 9.17) is 11.6 Å². The minimum Gasteiger partial charge on any atom is -0.388 e. The van der Waals surface area contributed by atoms with Crippen molar-refractivity contribution in [2.45, 2.75) is 0 Å². The van der Waals surface area contributed by atoms with E-state index >= 15 is 0 Å². The average Bonchev–Trinajstić information content (AvgIpc) is 3.25. The Hall–Kier alpha value is -4.35. The number of H-pyrrole nitrogens is 1. The van der Waals surface area contributed by atoms with Crippen LogP contribution in [0, 0.1) is 11.3 Å². The lowest BCUT2D eigenvalue weighted by atomic mass is 10.1. The molecule has 0 amide bonds. The second kappa shape index (κ2) is 10.8. The summed E-state index contributed by atoms with van der Waals surface area (Å²) in [6.45, 7) is 0. The second-order valence-electron chi connectivity index (χ2n) is 6.87. The summed E-state index contributed by atoms with van der Waals surface area (Å²) in [5.74, 6) is 0.246. The highest BCUT2D eigenvalue weighted by Crippen LogP contribution is 2.24. The van der Waals surface area contributed by atoms with Gasteiger partial charge in [0.1, 0.15) is 11.6 Å². The van der Waals surface area contributed by atoms with Crippen molar-refractivity contribution in [2.24, 2.45) is 7.05 Å². The molecule has 33 heavy (non-hydrogen) atoms. The third-order valence-electron chi connectivity index (χ3n) is 4.67. The van der Waals surface area contributed by atoms with Gasteiger partial charge in [-0.25, -0.2) is 4.98 Å². The zero-order valence-corrected chi connectivity index (χ0v) is 18.7. The van der Waals surface area contributed by atoms with Gasteiger partial charge in [0.05, 0.1) is 11.4 Å². The first-order chi connectivity index (χ1) is 15.9. The minimum absolute atomic E-state index is 0.0325. The molecular weight excluding hydrogens is 440 g/mol. The number of carbonyl (C=O) groups is 1. The number of hydrogen-bond donors (Lipinski definition) is 3. The lowest BCUT2D eigenvalue weighted by molar-refractivity contribution is 0.111. The predicted molar refractivity (Wildman–Crippen MR) is 130 cm³/mol. The molecule has 3 N–H and O–H groups in total. The number of nitrogens with one attached hydrogen (secondary N) is 3. The average molecular weight is 461 g/mol. The number of aldehydes is 1. The van der Waals surface area contributed by atoms with Crippen molar-refractivity contribution < 1.29 is 4.79 Å². The molecule has 8 nitrogen and oxygen atoms in total. The van der Waals surface area contributed by atoms with Gasteiger partial charge in [-0.2, -0.15) is 5.26 Å². The molecule has 4 rings (SSSR count). The zero-order valence-electron chi connectivity index (χ0n) is 18.0. The largest absolute Gasteiger partial charge is 0.388 e. The van der Waals surface area contributed by atoms with Crippen molar-refractivity contribution in [1.29, 1.82) is 5.26 Å². The standard InChI is InChI=1S/C18H14ClN5O.C6H7NO/c1-21-14-4-2-3-11(9-14)16-15(10-20)17(25)24-18(23-16)22-13-7-5-12(19)6-8-13;1-7-4-2-3-6(7)5-8/h2-9,21H,1H3,(H2,22,23,24,25);2-5H,1H3. The number of hydrogen-bond acceptors (Lipinski definition) is 6. The summed E-state index contributed by atoms with van der Waals surface area (Å²) in [7, 11) is 3.63. The number of aromatic amines is 1. The van der Waals surface area contributed by atoms with Crippen molar-refractivity contribution in [3.05, 3.63) is 93.5 Å². The first-order valence-corrected chi connectivity index (χ1v) is 10.2. The first-order valence-electron chi connectivity index (χ1n) is 9.87. The summed E-state index contributed by atoms with van der Waals surface area (Å²) in [5.41, 5.74) is 2.75. The fraction of sp³-hybridized carbons (Fsp3) is 0.0833. The van der Waals surface area contributed by atoms with Gasteiger partial charge >= 0.3 is 0 Å². The molecule has 2 aromatic heterocycles. The molecule has 2 heterocycles. The lowest BCUT2D eigenvalue weighted by Gasteiger charge is -2.10. The number of nitriles is 1. The maximum atomic E-state index is 12.3. The van der Waals surface area contributed by atoms with Gasteiger partial charge < -0.3 is 15.2 Å². The second-order valence-corrected chi connectivity index (χ2v) is 7.31. The van der Waals surface area contributed by atoms with Gasteiger partial charge in [-0.3, -0.25) is 14.6 Å². The Morgan fingerprint density at radius 2 is 1.88 bits per heavy atom. The fourth-order valence-corrected chi connectivity index (χ4v) is 3.06. The quantitative estimate of drug-likeness (QED) is 0.375. The Labute approximate surface area is 195 Å². The van der Waals surface area contributed by atoms with Crippen molar-refractivity contribution in [2.75, 3.05) is 17.7 Å². The summed E-state index contributed by atoms with van der Waals surface area (Å²) in [6.07, 6.45) is 2.67. The molecule has 4 aromatic rings. The Kier molecular flexibility index (Phi) is 7.63. The summed E-state index contributed by atoms with van der Waals surface area (Å²) in [4.78, 5) is 29.3.